The zero-order chi connectivity index (χ0) is 15.0. The molecule has 3 aromatic rings. The van der Waals surface area contributed by atoms with Crippen LogP contribution >= 0.6 is 11.6 Å². The number of anilines is 1. The van der Waals surface area contributed by atoms with Gasteiger partial charge in [-0.2, -0.15) is 0 Å². The predicted octanol–water partition coefficient (Wildman–Crippen LogP) is 3.86. The average Bonchev–Trinajstić information content (AvgIpc) is 2.77. The Labute approximate surface area is 127 Å². The fourth-order valence-electron chi connectivity index (χ4n) is 2.19. The van der Waals surface area contributed by atoms with Crippen LogP contribution in [0.1, 0.15) is 21.7 Å². The van der Waals surface area contributed by atoms with Crippen LogP contribution in [0.25, 0.3) is 5.65 Å². The lowest BCUT2D eigenvalue weighted by molar-refractivity contribution is 0.102. The predicted molar refractivity (Wildman–Crippen MR) is 84.1 cm³/mol. The molecule has 0 unspecified atom stereocenters. The summed E-state index contributed by atoms with van der Waals surface area (Å²) in [5.41, 5.74) is 4.00. The summed E-state index contributed by atoms with van der Waals surface area (Å²) in [6.45, 7) is 3.95. The summed E-state index contributed by atoms with van der Waals surface area (Å²) < 4.78 is 1.97. The number of aryl methyl sites for hydroxylation is 2. The number of benzene rings is 1. The molecular weight excluding hydrogens is 286 g/mol. The number of pyridine rings is 1. The molecule has 5 heteroatoms. The zero-order valence-corrected chi connectivity index (χ0v) is 12.5. The van der Waals surface area contributed by atoms with Crippen molar-refractivity contribution in [2.45, 2.75) is 13.8 Å². The Kier molecular flexibility index (Phi) is 3.39. The van der Waals surface area contributed by atoms with Gasteiger partial charge in [-0.25, -0.2) is 4.98 Å². The van der Waals surface area contributed by atoms with Gasteiger partial charge >= 0.3 is 0 Å². The van der Waals surface area contributed by atoms with Gasteiger partial charge in [-0.3, -0.25) is 4.79 Å². The van der Waals surface area contributed by atoms with Crippen LogP contribution in [-0.4, -0.2) is 15.3 Å². The number of rotatable bonds is 2. The summed E-state index contributed by atoms with van der Waals surface area (Å²) >= 11 is 5.83. The second kappa shape index (κ2) is 5.22. The number of halogens is 1. The van der Waals surface area contributed by atoms with Gasteiger partial charge in [-0.15, -0.1) is 0 Å². The van der Waals surface area contributed by atoms with Crippen molar-refractivity contribution in [3.8, 4) is 0 Å². The van der Waals surface area contributed by atoms with Crippen LogP contribution in [0, 0.1) is 13.8 Å². The molecule has 106 valence electrons. The number of carbonyl (C=O) groups excluding carboxylic acids is 1. The molecule has 0 spiro atoms. The molecule has 0 aliphatic carbocycles. The van der Waals surface area contributed by atoms with Crippen molar-refractivity contribution in [1.29, 1.82) is 0 Å². The third-order valence-electron chi connectivity index (χ3n) is 3.48. The van der Waals surface area contributed by atoms with E-state index in [0.29, 0.717) is 16.3 Å². The summed E-state index contributed by atoms with van der Waals surface area (Å²) in [7, 11) is 0. The first-order chi connectivity index (χ1) is 10.1. The maximum Gasteiger partial charge on any atom is 0.255 e. The molecule has 0 aliphatic rings. The van der Waals surface area contributed by atoms with Crippen molar-refractivity contribution in [3.63, 3.8) is 0 Å². The second-order valence-electron chi connectivity index (χ2n) is 4.86. The van der Waals surface area contributed by atoms with Crippen LogP contribution < -0.4 is 5.32 Å². The van der Waals surface area contributed by atoms with Crippen LogP contribution in [0.2, 0.25) is 5.02 Å². The maximum absolute atomic E-state index is 12.3. The van der Waals surface area contributed by atoms with Crippen LogP contribution in [0.15, 0.2) is 42.6 Å². The molecule has 0 atom stereocenters. The largest absolute Gasteiger partial charge is 0.319 e. The summed E-state index contributed by atoms with van der Waals surface area (Å²) in [5.74, 6) is -0.182. The molecule has 0 fully saturated rings. The number of fused-ring (bicyclic) bond motifs is 1. The van der Waals surface area contributed by atoms with Crippen molar-refractivity contribution >= 4 is 28.8 Å². The van der Waals surface area contributed by atoms with E-state index in [1.807, 2.05) is 36.6 Å². The van der Waals surface area contributed by atoms with Gasteiger partial charge in [0.1, 0.15) is 0 Å². The Bertz CT molecular complexity index is 821. The quantitative estimate of drug-likeness (QED) is 0.781. The molecule has 0 saturated heterocycles. The van der Waals surface area contributed by atoms with Crippen LogP contribution in [0.4, 0.5) is 5.69 Å². The van der Waals surface area contributed by atoms with Crippen LogP contribution in [0.3, 0.4) is 0 Å². The number of imidazole rings is 1. The van der Waals surface area contributed by atoms with E-state index in [9.17, 15) is 4.79 Å². The molecule has 2 aromatic heterocycles. The molecule has 0 saturated carbocycles. The standard InChI is InChI=1S/C16H14ClN3O/c1-10-11(2)20-9-3-4-14(15(20)18-10)19-16(21)12-5-7-13(17)8-6-12/h3-9H,1-2H3,(H,19,21). The Morgan fingerprint density at radius 3 is 2.62 bits per heavy atom. The highest BCUT2D eigenvalue weighted by Gasteiger charge is 2.11. The third-order valence-corrected chi connectivity index (χ3v) is 3.73. The smallest absolute Gasteiger partial charge is 0.255 e. The van der Waals surface area contributed by atoms with E-state index in [2.05, 4.69) is 10.3 Å². The van der Waals surface area contributed by atoms with E-state index in [1.165, 1.54) is 0 Å². The monoisotopic (exact) mass is 299 g/mol. The molecule has 1 N–H and O–H groups in total. The normalized spacial score (nSPS) is 10.8. The molecule has 21 heavy (non-hydrogen) atoms. The second-order valence-corrected chi connectivity index (χ2v) is 5.30. The molecule has 0 aliphatic heterocycles. The number of hydrogen-bond donors (Lipinski definition) is 1. The lowest BCUT2D eigenvalue weighted by Gasteiger charge is -2.07. The molecule has 4 nitrogen and oxygen atoms in total. The Morgan fingerprint density at radius 1 is 1.19 bits per heavy atom. The van der Waals surface area contributed by atoms with Crippen LogP contribution in [-0.2, 0) is 0 Å². The summed E-state index contributed by atoms with van der Waals surface area (Å²) in [6.07, 6.45) is 1.93. The topological polar surface area (TPSA) is 46.4 Å². The molecule has 1 amide bonds. The third kappa shape index (κ3) is 2.50. The lowest BCUT2D eigenvalue weighted by atomic mass is 10.2. The highest BCUT2D eigenvalue weighted by molar-refractivity contribution is 6.30. The van der Waals surface area contributed by atoms with Crippen molar-refractivity contribution in [1.82, 2.24) is 9.38 Å². The van der Waals surface area contributed by atoms with Crippen molar-refractivity contribution in [3.05, 3.63) is 64.6 Å². The van der Waals surface area contributed by atoms with Gasteiger partial charge in [0.05, 0.1) is 11.4 Å². The fourth-order valence-corrected chi connectivity index (χ4v) is 2.32. The molecule has 2 heterocycles. The first kappa shape index (κ1) is 13.6. The van der Waals surface area contributed by atoms with E-state index in [1.54, 1.807) is 24.3 Å². The first-order valence-corrected chi connectivity index (χ1v) is 6.95. The minimum atomic E-state index is -0.182. The minimum Gasteiger partial charge on any atom is -0.319 e. The summed E-state index contributed by atoms with van der Waals surface area (Å²) in [6, 6.07) is 10.5. The summed E-state index contributed by atoms with van der Waals surface area (Å²) in [5, 5.41) is 3.50. The SMILES string of the molecule is Cc1nc2c(NC(=O)c3ccc(Cl)cc3)cccn2c1C. The number of carbonyl (C=O) groups is 1. The van der Waals surface area contributed by atoms with Gasteiger partial charge in [0, 0.05) is 22.5 Å². The highest BCUT2D eigenvalue weighted by Crippen LogP contribution is 2.20. The van der Waals surface area contributed by atoms with E-state index in [-0.39, 0.29) is 5.91 Å². The van der Waals surface area contributed by atoms with Gasteiger partial charge in [0.25, 0.3) is 5.91 Å². The highest BCUT2D eigenvalue weighted by atomic mass is 35.5. The Balaban J connectivity index is 1.96. The van der Waals surface area contributed by atoms with Crippen molar-refractivity contribution in [2.24, 2.45) is 0 Å². The number of nitrogens with one attached hydrogen (secondary N) is 1. The number of aromatic nitrogens is 2. The first-order valence-electron chi connectivity index (χ1n) is 6.57. The Hall–Kier alpha value is -2.33. The molecule has 0 radical (unpaired) electrons. The molecule has 0 bridgehead atoms. The van der Waals surface area contributed by atoms with Gasteiger partial charge in [-0.1, -0.05) is 11.6 Å². The van der Waals surface area contributed by atoms with E-state index in [4.69, 9.17) is 11.6 Å². The van der Waals surface area contributed by atoms with E-state index in [0.717, 1.165) is 17.0 Å². The van der Waals surface area contributed by atoms with Crippen LogP contribution in [0.5, 0.6) is 0 Å². The van der Waals surface area contributed by atoms with Crippen molar-refractivity contribution in [2.75, 3.05) is 5.32 Å². The lowest BCUT2D eigenvalue weighted by Crippen LogP contribution is -2.12. The van der Waals surface area contributed by atoms with Gasteiger partial charge in [0.2, 0.25) is 0 Å². The van der Waals surface area contributed by atoms with E-state index >= 15 is 0 Å². The molecular formula is C16H14ClN3O. The van der Waals surface area contributed by atoms with Crippen molar-refractivity contribution < 1.29 is 4.79 Å². The molecule has 3 rings (SSSR count). The van der Waals surface area contributed by atoms with Gasteiger partial charge < -0.3 is 9.72 Å². The number of nitrogens with zero attached hydrogens (tertiary/aromatic N) is 2. The summed E-state index contributed by atoms with van der Waals surface area (Å²) in [4.78, 5) is 16.8. The average molecular weight is 300 g/mol. The van der Waals surface area contributed by atoms with Gasteiger partial charge in [0.15, 0.2) is 5.65 Å². The fraction of sp³-hybridized carbons (Fsp3) is 0.125. The number of amides is 1. The maximum atomic E-state index is 12.3. The molecule has 1 aromatic carbocycles. The number of hydrogen-bond acceptors (Lipinski definition) is 2. The van der Waals surface area contributed by atoms with E-state index < -0.39 is 0 Å². The van der Waals surface area contributed by atoms with Gasteiger partial charge in [-0.05, 0) is 50.2 Å². The Morgan fingerprint density at radius 2 is 1.90 bits per heavy atom. The minimum absolute atomic E-state index is 0.182. The zero-order valence-electron chi connectivity index (χ0n) is 11.7.